The van der Waals surface area contributed by atoms with Gasteiger partial charge in [-0.15, -0.1) is 0 Å². The van der Waals surface area contributed by atoms with E-state index < -0.39 is 11.5 Å². The first-order valence-electron chi connectivity index (χ1n) is 4.09. The molecule has 1 heterocycles. The standard InChI is InChI=1S/C8H11N3O2/c1-11-6-2-3-8(9,7(12)13)5(6)4-10-11/h4H,2-3,9H2,1H3,(H,12,13). The normalized spacial score (nSPS) is 26.0. The third-order valence-electron chi connectivity index (χ3n) is 2.68. The van der Waals surface area contributed by atoms with Gasteiger partial charge >= 0.3 is 5.97 Å². The third kappa shape index (κ3) is 0.904. The summed E-state index contributed by atoms with van der Waals surface area (Å²) in [5.41, 5.74) is 6.15. The molecule has 0 saturated carbocycles. The first kappa shape index (κ1) is 8.25. The molecule has 5 heteroatoms. The lowest BCUT2D eigenvalue weighted by atomic mass is 9.96. The number of hydrogen-bond donors (Lipinski definition) is 2. The molecule has 5 nitrogen and oxygen atoms in total. The fourth-order valence-electron chi connectivity index (χ4n) is 1.80. The summed E-state index contributed by atoms with van der Waals surface area (Å²) >= 11 is 0. The lowest BCUT2D eigenvalue weighted by Gasteiger charge is -2.16. The monoisotopic (exact) mass is 181 g/mol. The lowest BCUT2D eigenvalue weighted by Crippen LogP contribution is -2.42. The van der Waals surface area contributed by atoms with Crippen LogP contribution in [0.5, 0.6) is 0 Å². The average Bonchev–Trinajstić information content (AvgIpc) is 2.57. The molecule has 1 aliphatic carbocycles. The van der Waals surface area contributed by atoms with Crippen molar-refractivity contribution >= 4 is 5.97 Å². The van der Waals surface area contributed by atoms with Gasteiger partial charge < -0.3 is 10.8 Å². The molecule has 0 fully saturated rings. The highest BCUT2D eigenvalue weighted by Crippen LogP contribution is 2.34. The Kier molecular flexibility index (Phi) is 1.47. The van der Waals surface area contributed by atoms with Crippen LogP contribution in [0, 0.1) is 0 Å². The van der Waals surface area contributed by atoms with Crippen molar-refractivity contribution in [3.8, 4) is 0 Å². The predicted molar refractivity (Wildman–Crippen MR) is 45.0 cm³/mol. The molecule has 1 atom stereocenters. The number of nitrogens with zero attached hydrogens (tertiary/aromatic N) is 2. The van der Waals surface area contributed by atoms with Crippen molar-refractivity contribution in [2.24, 2.45) is 12.8 Å². The molecule has 1 aromatic rings. The Hall–Kier alpha value is -1.36. The molecule has 1 aromatic heterocycles. The highest BCUT2D eigenvalue weighted by atomic mass is 16.4. The van der Waals surface area contributed by atoms with Gasteiger partial charge in [0.25, 0.3) is 0 Å². The van der Waals surface area contributed by atoms with Gasteiger partial charge in [-0.1, -0.05) is 0 Å². The van der Waals surface area contributed by atoms with Crippen molar-refractivity contribution in [1.82, 2.24) is 9.78 Å². The largest absolute Gasteiger partial charge is 0.480 e. The second-order valence-corrected chi connectivity index (χ2v) is 3.41. The zero-order chi connectivity index (χ0) is 9.64. The minimum atomic E-state index is -1.22. The zero-order valence-corrected chi connectivity index (χ0v) is 7.32. The maximum Gasteiger partial charge on any atom is 0.328 e. The SMILES string of the molecule is Cn1ncc2c1CCC2(N)C(=O)O. The van der Waals surface area contributed by atoms with Crippen LogP contribution < -0.4 is 5.73 Å². The van der Waals surface area contributed by atoms with Crippen LogP contribution in [0.1, 0.15) is 17.7 Å². The zero-order valence-electron chi connectivity index (χ0n) is 7.32. The Morgan fingerprint density at radius 3 is 3.15 bits per heavy atom. The highest BCUT2D eigenvalue weighted by Gasteiger charge is 2.43. The molecule has 0 saturated heterocycles. The Labute approximate surface area is 75.2 Å². The summed E-state index contributed by atoms with van der Waals surface area (Å²) in [6, 6.07) is 0. The number of nitrogens with two attached hydrogens (primary N) is 1. The quantitative estimate of drug-likeness (QED) is 0.618. The minimum absolute atomic E-state index is 0.462. The van der Waals surface area contributed by atoms with Crippen molar-refractivity contribution in [2.75, 3.05) is 0 Å². The van der Waals surface area contributed by atoms with Gasteiger partial charge in [-0.2, -0.15) is 5.10 Å². The van der Waals surface area contributed by atoms with Crippen LogP contribution in [-0.4, -0.2) is 20.9 Å². The predicted octanol–water partition coefficient (Wildman–Crippen LogP) is -0.395. The van der Waals surface area contributed by atoms with E-state index in [0.29, 0.717) is 18.4 Å². The number of carboxylic acids is 1. The summed E-state index contributed by atoms with van der Waals surface area (Å²) in [4.78, 5) is 10.9. The summed E-state index contributed by atoms with van der Waals surface area (Å²) in [6.07, 6.45) is 2.70. The fourth-order valence-corrected chi connectivity index (χ4v) is 1.80. The number of fused-ring (bicyclic) bond motifs is 1. The first-order valence-corrected chi connectivity index (χ1v) is 4.09. The molecular formula is C8H11N3O2. The first-order chi connectivity index (χ1) is 6.05. The molecule has 70 valence electrons. The van der Waals surface area contributed by atoms with Crippen LogP contribution in [0.3, 0.4) is 0 Å². The molecular weight excluding hydrogens is 170 g/mol. The van der Waals surface area contributed by atoms with E-state index >= 15 is 0 Å². The molecule has 0 radical (unpaired) electrons. The number of carboxylic acid groups (broad SMARTS) is 1. The van der Waals surface area contributed by atoms with Gasteiger partial charge in [0, 0.05) is 18.3 Å². The lowest BCUT2D eigenvalue weighted by molar-refractivity contribution is -0.143. The summed E-state index contributed by atoms with van der Waals surface area (Å²) < 4.78 is 1.69. The maximum atomic E-state index is 10.9. The maximum absolute atomic E-state index is 10.9. The van der Waals surface area contributed by atoms with Gasteiger partial charge in [-0.25, -0.2) is 4.79 Å². The molecule has 1 aliphatic rings. The van der Waals surface area contributed by atoms with Gasteiger partial charge in [0.1, 0.15) is 5.54 Å². The summed E-state index contributed by atoms with van der Waals surface area (Å²) in [6.45, 7) is 0. The van der Waals surface area contributed by atoms with Crippen molar-refractivity contribution in [3.05, 3.63) is 17.5 Å². The van der Waals surface area contributed by atoms with E-state index in [9.17, 15) is 4.79 Å². The highest BCUT2D eigenvalue weighted by molar-refractivity contribution is 5.81. The number of rotatable bonds is 1. The van der Waals surface area contributed by atoms with Gasteiger partial charge in [-0.3, -0.25) is 4.68 Å². The molecule has 13 heavy (non-hydrogen) atoms. The van der Waals surface area contributed by atoms with Gasteiger partial charge in [0.05, 0.1) is 6.20 Å². The van der Waals surface area contributed by atoms with Crippen LogP contribution >= 0.6 is 0 Å². The van der Waals surface area contributed by atoms with Crippen molar-refractivity contribution in [3.63, 3.8) is 0 Å². The van der Waals surface area contributed by atoms with E-state index in [-0.39, 0.29) is 0 Å². The smallest absolute Gasteiger partial charge is 0.328 e. The van der Waals surface area contributed by atoms with Crippen molar-refractivity contribution in [1.29, 1.82) is 0 Å². The number of carbonyl (C=O) groups is 1. The molecule has 0 bridgehead atoms. The topological polar surface area (TPSA) is 81.1 Å². The van der Waals surface area contributed by atoms with E-state index in [4.69, 9.17) is 10.8 Å². The van der Waals surface area contributed by atoms with Gasteiger partial charge in [0.15, 0.2) is 0 Å². The molecule has 0 aliphatic heterocycles. The average molecular weight is 181 g/mol. The molecule has 0 aromatic carbocycles. The van der Waals surface area contributed by atoms with Crippen LogP contribution in [0.2, 0.25) is 0 Å². The molecule has 0 amide bonds. The molecule has 0 spiro atoms. The van der Waals surface area contributed by atoms with Crippen LogP contribution in [0.15, 0.2) is 6.20 Å². The molecule has 1 unspecified atom stereocenters. The number of aliphatic carboxylic acids is 1. The molecule has 2 rings (SSSR count). The Bertz CT molecular complexity index is 371. The van der Waals surface area contributed by atoms with E-state index in [2.05, 4.69) is 5.10 Å². The van der Waals surface area contributed by atoms with Crippen molar-refractivity contribution in [2.45, 2.75) is 18.4 Å². The van der Waals surface area contributed by atoms with E-state index in [1.54, 1.807) is 17.9 Å². The Balaban J connectivity index is 2.55. The number of aromatic nitrogens is 2. The van der Waals surface area contributed by atoms with E-state index in [1.165, 1.54) is 0 Å². The summed E-state index contributed by atoms with van der Waals surface area (Å²) in [7, 11) is 1.80. The molecule has 3 N–H and O–H groups in total. The second kappa shape index (κ2) is 2.32. The Morgan fingerprint density at radius 2 is 2.54 bits per heavy atom. The van der Waals surface area contributed by atoms with Gasteiger partial charge in [-0.05, 0) is 12.8 Å². The van der Waals surface area contributed by atoms with Crippen LogP contribution in [0.25, 0.3) is 0 Å². The summed E-state index contributed by atoms with van der Waals surface area (Å²) in [5.74, 6) is -0.973. The Morgan fingerprint density at radius 1 is 1.85 bits per heavy atom. The summed E-state index contributed by atoms with van der Waals surface area (Å²) in [5, 5.41) is 13.0. The number of aryl methyl sites for hydroxylation is 1. The van der Waals surface area contributed by atoms with Gasteiger partial charge in [0.2, 0.25) is 0 Å². The second-order valence-electron chi connectivity index (χ2n) is 3.41. The third-order valence-corrected chi connectivity index (χ3v) is 2.68. The van der Waals surface area contributed by atoms with Crippen molar-refractivity contribution < 1.29 is 9.90 Å². The van der Waals surface area contributed by atoms with E-state index in [1.807, 2.05) is 0 Å². The fraction of sp³-hybridized carbons (Fsp3) is 0.500. The van der Waals surface area contributed by atoms with Crippen LogP contribution in [-0.2, 0) is 23.8 Å². The number of hydrogen-bond acceptors (Lipinski definition) is 3. The van der Waals surface area contributed by atoms with E-state index in [0.717, 1.165) is 5.69 Å². The van der Waals surface area contributed by atoms with Crippen LogP contribution in [0.4, 0.5) is 0 Å². The minimum Gasteiger partial charge on any atom is -0.480 e.